The van der Waals surface area contributed by atoms with Crippen molar-refractivity contribution in [3.8, 4) is 5.75 Å². The van der Waals surface area contributed by atoms with Crippen LogP contribution < -0.4 is 4.74 Å². The molecule has 18 heavy (non-hydrogen) atoms. The Balaban J connectivity index is 3.07. The molecule has 0 aliphatic carbocycles. The number of hydrogen-bond acceptors (Lipinski definition) is 4. The van der Waals surface area contributed by atoms with E-state index in [0.717, 1.165) is 0 Å². The van der Waals surface area contributed by atoms with E-state index in [0.29, 0.717) is 11.3 Å². The number of carboxylic acids is 1. The van der Waals surface area contributed by atoms with Crippen molar-refractivity contribution in [2.45, 2.75) is 32.4 Å². The van der Waals surface area contributed by atoms with Gasteiger partial charge in [0.15, 0.2) is 6.04 Å². The molecule has 5 nitrogen and oxygen atoms in total. The van der Waals surface area contributed by atoms with Crippen LogP contribution in [0.5, 0.6) is 5.75 Å². The van der Waals surface area contributed by atoms with E-state index >= 15 is 0 Å². The van der Waals surface area contributed by atoms with Gasteiger partial charge in [-0.25, -0.2) is 9.59 Å². The first-order valence-corrected chi connectivity index (χ1v) is 5.42. The van der Waals surface area contributed by atoms with Crippen molar-refractivity contribution < 1.29 is 19.4 Å². The molecule has 1 rings (SSSR count). The van der Waals surface area contributed by atoms with Gasteiger partial charge in [0, 0.05) is 0 Å². The molecule has 0 fully saturated rings. The molecule has 0 aliphatic heterocycles. The quantitative estimate of drug-likeness (QED) is 0.656. The summed E-state index contributed by atoms with van der Waals surface area (Å²) in [6.45, 7) is 5.66. The monoisotopic (exact) mass is 249 g/mol. The molecule has 0 aromatic heterocycles. The zero-order chi connectivity index (χ0) is 13.8. The molecule has 1 aromatic carbocycles. The van der Waals surface area contributed by atoms with Crippen molar-refractivity contribution in [2.24, 2.45) is 4.99 Å². The molecule has 0 spiro atoms. The van der Waals surface area contributed by atoms with Gasteiger partial charge >= 0.3 is 5.97 Å². The zero-order valence-corrected chi connectivity index (χ0v) is 10.5. The Morgan fingerprint density at radius 1 is 1.44 bits per heavy atom. The Morgan fingerprint density at radius 3 is 2.61 bits per heavy atom. The van der Waals surface area contributed by atoms with Gasteiger partial charge in [0.25, 0.3) is 0 Å². The maximum absolute atomic E-state index is 11.0. The Kier molecular flexibility index (Phi) is 4.23. The lowest BCUT2D eigenvalue weighted by Gasteiger charge is -2.21. The van der Waals surface area contributed by atoms with Crippen LogP contribution in [0, 0.1) is 0 Å². The number of rotatable bonds is 4. The standard InChI is InChI=1S/C13H15NO4/c1-13(2,3)18-10-6-4-5-9(7-10)11(12(16)17)14-8-15/h4-7,11H,1-3H3,(H,16,17)/t11-/m0/s1. The van der Waals surface area contributed by atoms with E-state index in [-0.39, 0.29) is 5.60 Å². The van der Waals surface area contributed by atoms with E-state index in [1.54, 1.807) is 24.3 Å². The average Bonchev–Trinajstić information content (AvgIpc) is 2.23. The number of carbonyl (C=O) groups is 1. The maximum Gasteiger partial charge on any atom is 0.334 e. The van der Waals surface area contributed by atoms with Crippen LogP contribution in [-0.4, -0.2) is 22.8 Å². The largest absolute Gasteiger partial charge is 0.488 e. The third kappa shape index (κ3) is 4.03. The van der Waals surface area contributed by atoms with Crippen molar-refractivity contribution in [1.82, 2.24) is 0 Å². The van der Waals surface area contributed by atoms with Crippen LogP contribution in [0.3, 0.4) is 0 Å². The second kappa shape index (κ2) is 5.47. The minimum atomic E-state index is -1.24. The van der Waals surface area contributed by atoms with Gasteiger partial charge in [-0.2, -0.15) is 4.99 Å². The van der Waals surface area contributed by atoms with Crippen LogP contribution in [0.15, 0.2) is 29.3 Å². The van der Waals surface area contributed by atoms with Crippen LogP contribution in [0.2, 0.25) is 0 Å². The summed E-state index contributed by atoms with van der Waals surface area (Å²) in [6.07, 6.45) is 1.27. The highest BCUT2D eigenvalue weighted by molar-refractivity contribution is 5.76. The molecule has 1 atom stereocenters. The second-order valence-electron chi connectivity index (χ2n) is 4.75. The fourth-order valence-electron chi connectivity index (χ4n) is 1.43. The Labute approximate surface area is 105 Å². The van der Waals surface area contributed by atoms with Gasteiger partial charge < -0.3 is 9.84 Å². The highest BCUT2D eigenvalue weighted by atomic mass is 16.5. The van der Waals surface area contributed by atoms with Gasteiger partial charge in [0.2, 0.25) is 6.08 Å². The smallest absolute Gasteiger partial charge is 0.334 e. The lowest BCUT2D eigenvalue weighted by molar-refractivity contribution is -0.138. The number of isocyanates is 1. The summed E-state index contributed by atoms with van der Waals surface area (Å²) < 4.78 is 5.62. The Bertz CT molecular complexity index is 482. The van der Waals surface area contributed by atoms with Gasteiger partial charge in [-0.1, -0.05) is 12.1 Å². The van der Waals surface area contributed by atoms with Crippen LogP contribution in [-0.2, 0) is 9.59 Å². The summed E-state index contributed by atoms with van der Waals surface area (Å²) in [5.74, 6) is -0.668. The first-order chi connectivity index (χ1) is 8.33. The van der Waals surface area contributed by atoms with Crippen LogP contribution in [0.25, 0.3) is 0 Å². The molecule has 0 amide bonds. The Morgan fingerprint density at radius 2 is 2.11 bits per heavy atom. The molecule has 0 radical (unpaired) electrons. The summed E-state index contributed by atoms with van der Waals surface area (Å²) in [5, 5.41) is 8.97. The van der Waals surface area contributed by atoms with E-state index in [1.165, 1.54) is 6.08 Å². The molecule has 0 aliphatic rings. The summed E-state index contributed by atoms with van der Waals surface area (Å²) >= 11 is 0. The normalized spacial score (nSPS) is 12.4. The third-order valence-electron chi connectivity index (χ3n) is 2.01. The minimum absolute atomic E-state index is 0.382. The van der Waals surface area contributed by atoms with Gasteiger partial charge in [0.1, 0.15) is 11.4 Å². The molecular formula is C13H15NO4. The van der Waals surface area contributed by atoms with Crippen LogP contribution >= 0.6 is 0 Å². The number of carboxylic acid groups (broad SMARTS) is 1. The van der Waals surface area contributed by atoms with Crippen LogP contribution in [0.1, 0.15) is 32.4 Å². The van der Waals surface area contributed by atoms with E-state index < -0.39 is 12.0 Å². The highest BCUT2D eigenvalue weighted by Crippen LogP contribution is 2.24. The minimum Gasteiger partial charge on any atom is -0.488 e. The molecule has 5 heteroatoms. The lowest BCUT2D eigenvalue weighted by atomic mass is 10.1. The van der Waals surface area contributed by atoms with Crippen molar-refractivity contribution in [3.05, 3.63) is 29.8 Å². The van der Waals surface area contributed by atoms with Crippen LogP contribution in [0.4, 0.5) is 0 Å². The summed E-state index contributed by atoms with van der Waals surface area (Å²) in [7, 11) is 0. The van der Waals surface area contributed by atoms with Crippen molar-refractivity contribution in [3.63, 3.8) is 0 Å². The number of carbonyl (C=O) groups excluding carboxylic acids is 1. The molecule has 0 bridgehead atoms. The van der Waals surface area contributed by atoms with Gasteiger partial charge in [-0.05, 0) is 38.5 Å². The van der Waals surface area contributed by atoms with Crippen molar-refractivity contribution in [2.75, 3.05) is 0 Å². The SMILES string of the molecule is CC(C)(C)Oc1cccc([C@H](N=C=O)C(=O)O)c1. The summed E-state index contributed by atoms with van der Waals surface area (Å²) in [5.41, 5.74) is -0.00162. The molecular weight excluding hydrogens is 234 g/mol. The van der Waals surface area contributed by atoms with E-state index in [1.807, 2.05) is 20.8 Å². The number of nitrogens with zero attached hydrogens (tertiary/aromatic N) is 1. The van der Waals surface area contributed by atoms with E-state index in [4.69, 9.17) is 9.84 Å². The van der Waals surface area contributed by atoms with E-state index in [9.17, 15) is 9.59 Å². The fraction of sp³-hybridized carbons (Fsp3) is 0.385. The predicted octanol–water partition coefficient (Wildman–Crippen LogP) is 2.33. The average molecular weight is 249 g/mol. The maximum atomic E-state index is 11.0. The predicted molar refractivity (Wildman–Crippen MR) is 65.3 cm³/mol. The van der Waals surface area contributed by atoms with Gasteiger partial charge in [0.05, 0.1) is 0 Å². The first-order valence-electron chi connectivity index (χ1n) is 5.42. The first kappa shape index (κ1) is 13.9. The number of aliphatic imine (C=N–C) groups is 1. The molecule has 0 unspecified atom stereocenters. The van der Waals surface area contributed by atoms with Crippen molar-refractivity contribution >= 4 is 12.0 Å². The zero-order valence-electron chi connectivity index (χ0n) is 10.5. The fourth-order valence-corrected chi connectivity index (χ4v) is 1.43. The molecule has 0 heterocycles. The topological polar surface area (TPSA) is 76.0 Å². The van der Waals surface area contributed by atoms with E-state index in [2.05, 4.69) is 4.99 Å². The summed E-state index contributed by atoms with van der Waals surface area (Å²) in [6, 6.07) is 5.27. The molecule has 1 N–H and O–H groups in total. The molecule has 1 aromatic rings. The summed E-state index contributed by atoms with van der Waals surface area (Å²) in [4.78, 5) is 24.5. The van der Waals surface area contributed by atoms with Crippen molar-refractivity contribution in [1.29, 1.82) is 0 Å². The molecule has 96 valence electrons. The number of benzene rings is 1. The second-order valence-corrected chi connectivity index (χ2v) is 4.75. The molecule has 0 saturated carbocycles. The number of aliphatic carboxylic acids is 1. The highest BCUT2D eigenvalue weighted by Gasteiger charge is 2.20. The lowest BCUT2D eigenvalue weighted by Crippen LogP contribution is -2.23. The van der Waals surface area contributed by atoms with Gasteiger partial charge in [-0.15, -0.1) is 0 Å². The Hall–Kier alpha value is -2.13. The number of ether oxygens (including phenoxy) is 1. The number of hydrogen-bond donors (Lipinski definition) is 1. The third-order valence-corrected chi connectivity index (χ3v) is 2.01. The molecule has 0 saturated heterocycles. The van der Waals surface area contributed by atoms with Gasteiger partial charge in [-0.3, -0.25) is 0 Å².